The molecule has 6 heteroatoms. The van der Waals surface area contributed by atoms with E-state index in [9.17, 15) is 14.0 Å². The van der Waals surface area contributed by atoms with Crippen molar-refractivity contribution < 1.29 is 23.8 Å². The van der Waals surface area contributed by atoms with Gasteiger partial charge in [0, 0.05) is 5.56 Å². The molecule has 0 saturated carbocycles. The summed E-state index contributed by atoms with van der Waals surface area (Å²) in [4.78, 5) is 22.9. The molecule has 0 aliphatic heterocycles. The quantitative estimate of drug-likeness (QED) is 0.763. The lowest BCUT2D eigenvalue weighted by Crippen LogP contribution is -2.44. The number of aliphatic hydroxyl groups is 1. The van der Waals surface area contributed by atoms with E-state index in [1.54, 1.807) is 6.92 Å². The number of ether oxygens (including phenoxy) is 1. The van der Waals surface area contributed by atoms with Crippen LogP contribution in [0.2, 0.25) is 0 Å². The first-order valence-corrected chi connectivity index (χ1v) is 5.25. The Kier molecular flexibility index (Phi) is 4.79. The van der Waals surface area contributed by atoms with Gasteiger partial charge in [0.25, 0.3) is 5.91 Å². The molecule has 0 spiro atoms. The number of halogens is 1. The van der Waals surface area contributed by atoms with Gasteiger partial charge in [0.15, 0.2) is 6.04 Å². The molecule has 0 fully saturated rings. The molecule has 1 aromatic rings. The maximum Gasteiger partial charge on any atom is 0.330 e. The monoisotopic (exact) mass is 255 g/mol. The van der Waals surface area contributed by atoms with Crippen LogP contribution in [0.25, 0.3) is 0 Å². The van der Waals surface area contributed by atoms with Crippen LogP contribution in [0.4, 0.5) is 4.39 Å². The summed E-state index contributed by atoms with van der Waals surface area (Å²) in [6.07, 6.45) is 0. The van der Waals surface area contributed by atoms with Gasteiger partial charge < -0.3 is 15.2 Å². The van der Waals surface area contributed by atoms with Crippen molar-refractivity contribution >= 4 is 11.9 Å². The second-order valence-corrected chi connectivity index (χ2v) is 3.70. The number of amides is 1. The van der Waals surface area contributed by atoms with Gasteiger partial charge in [-0.3, -0.25) is 4.79 Å². The van der Waals surface area contributed by atoms with Crippen molar-refractivity contribution in [3.63, 3.8) is 0 Å². The van der Waals surface area contributed by atoms with Gasteiger partial charge in [-0.15, -0.1) is 0 Å². The van der Waals surface area contributed by atoms with Crippen molar-refractivity contribution in [1.29, 1.82) is 0 Å². The van der Waals surface area contributed by atoms with Gasteiger partial charge in [0.1, 0.15) is 5.82 Å². The fourth-order valence-electron chi connectivity index (χ4n) is 1.30. The third-order valence-electron chi connectivity index (χ3n) is 2.41. The SMILES string of the molecule is COC(=O)[C@@H](CO)NC(=O)c1ccc(C)c(F)c1. The van der Waals surface area contributed by atoms with E-state index in [1.807, 2.05) is 0 Å². The lowest BCUT2D eigenvalue weighted by Gasteiger charge is -2.13. The Morgan fingerprint density at radius 2 is 2.17 bits per heavy atom. The fraction of sp³-hybridized carbons (Fsp3) is 0.333. The third kappa shape index (κ3) is 3.27. The first kappa shape index (κ1) is 14.1. The molecule has 2 N–H and O–H groups in total. The number of carbonyl (C=O) groups is 2. The van der Waals surface area contributed by atoms with Gasteiger partial charge in [0.05, 0.1) is 13.7 Å². The van der Waals surface area contributed by atoms with E-state index in [0.29, 0.717) is 5.56 Å². The highest BCUT2D eigenvalue weighted by molar-refractivity contribution is 5.96. The lowest BCUT2D eigenvalue weighted by molar-refractivity contribution is -0.143. The molecular weight excluding hydrogens is 241 g/mol. The number of esters is 1. The van der Waals surface area contributed by atoms with Gasteiger partial charge >= 0.3 is 5.97 Å². The average molecular weight is 255 g/mol. The molecule has 0 heterocycles. The number of rotatable bonds is 4. The molecule has 0 saturated heterocycles. The molecule has 1 amide bonds. The van der Waals surface area contributed by atoms with E-state index in [1.165, 1.54) is 12.1 Å². The largest absolute Gasteiger partial charge is 0.467 e. The molecule has 0 aromatic heterocycles. The molecule has 18 heavy (non-hydrogen) atoms. The van der Waals surface area contributed by atoms with Gasteiger partial charge in [-0.25, -0.2) is 9.18 Å². The zero-order valence-electron chi connectivity index (χ0n) is 10.1. The number of methoxy groups -OCH3 is 1. The zero-order chi connectivity index (χ0) is 13.7. The van der Waals surface area contributed by atoms with Gasteiger partial charge in [0.2, 0.25) is 0 Å². The van der Waals surface area contributed by atoms with Crippen LogP contribution in [0, 0.1) is 12.7 Å². The van der Waals surface area contributed by atoms with Crippen LogP contribution in [0.3, 0.4) is 0 Å². The minimum atomic E-state index is -1.16. The number of hydrogen-bond acceptors (Lipinski definition) is 4. The number of nitrogens with one attached hydrogen (secondary N) is 1. The summed E-state index contributed by atoms with van der Waals surface area (Å²) in [6, 6.07) is 2.79. The molecule has 1 atom stereocenters. The minimum Gasteiger partial charge on any atom is -0.467 e. The van der Waals surface area contributed by atoms with Crippen molar-refractivity contribution in [1.82, 2.24) is 5.32 Å². The Balaban J connectivity index is 2.81. The predicted molar refractivity (Wildman–Crippen MR) is 61.5 cm³/mol. The fourth-order valence-corrected chi connectivity index (χ4v) is 1.30. The van der Waals surface area contributed by atoms with Crippen molar-refractivity contribution in [2.24, 2.45) is 0 Å². The van der Waals surface area contributed by atoms with Crippen LogP contribution < -0.4 is 5.32 Å². The number of carbonyl (C=O) groups excluding carboxylic acids is 2. The number of benzene rings is 1. The topological polar surface area (TPSA) is 75.6 Å². The van der Waals surface area contributed by atoms with Crippen LogP contribution in [-0.4, -0.2) is 36.7 Å². The Labute approximate surface area is 104 Å². The van der Waals surface area contributed by atoms with Crippen molar-refractivity contribution in [2.45, 2.75) is 13.0 Å². The molecule has 98 valence electrons. The highest BCUT2D eigenvalue weighted by atomic mass is 19.1. The van der Waals surface area contributed by atoms with Gasteiger partial charge in [-0.1, -0.05) is 6.07 Å². The summed E-state index contributed by atoms with van der Waals surface area (Å²) in [5.41, 5.74) is 0.485. The van der Waals surface area contributed by atoms with E-state index in [2.05, 4.69) is 10.1 Å². The Bertz CT molecular complexity index is 461. The Hall–Kier alpha value is -1.95. The molecule has 1 aromatic carbocycles. The summed E-state index contributed by atoms with van der Waals surface area (Å²) in [6.45, 7) is 0.981. The second-order valence-electron chi connectivity index (χ2n) is 3.70. The molecule has 5 nitrogen and oxygen atoms in total. The number of hydrogen-bond donors (Lipinski definition) is 2. The normalized spacial score (nSPS) is 11.8. The number of aliphatic hydroxyl groups excluding tert-OH is 1. The van der Waals surface area contributed by atoms with E-state index in [-0.39, 0.29) is 5.56 Å². The highest BCUT2D eigenvalue weighted by Gasteiger charge is 2.21. The Morgan fingerprint density at radius 3 is 2.67 bits per heavy atom. The predicted octanol–water partition coefficient (Wildman–Crippen LogP) is 0.398. The van der Waals surface area contributed by atoms with Gasteiger partial charge in [-0.2, -0.15) is 0 Å². The Morgan fingerprint density at radius 1 is 1.50 bits per heavy atom. The summed E-state index contributed by atoms with van der Waals surface area (Å²) in [5.74, 6) is -1.93. The van der Waals surface area contributed by atoms with Crippen LogP contribution >= 0.6 is 0 Å². The first-order chi connectivity index (χ1) is 8.49. The maximum absolute atomic E-state index is 13.3. The minimum absolute atomic E-state index is 0.0699. The van der Waals surface area contributed by atoms with E-state index < -0.39 is 30.3 Å². The molecule has 0 aliphatic rings. The molecule has 0 aliphatic carbocycles. The summed E-state index contributed by atoms with van der Waals surface area (Å²) in [5, 5.41) is 11.2. The molecule has 0 radical (unpaired) electrons. The summed E-state index contributed by atoms with van der Waals surface area (Å²) < 4.78 is 17.7. The van der Waals surface area contributed by atoms with E-state index in [0.717, 1.165) is 13.2 Å². The third-order valence-corrected chi connectivity index (χ3v) is 2.41. The first-order valence-electron chi connectivity index (χ1n) is 5.25. The van der Waals surface area contributed by atoms with Crippen molar-refractivity contribution in [3.8, 4) is 0 Å². The lowest BCUT2D eigenvalue weighted by atomic mass is 10.1. The van der Waals surface area contributed by atoms with Crippen LogP contribution in [0.5, 0.6) is 0 Å². The van der Waals surface area contributed by atoms with Crippen molar-refractivity contribution in [2.75, 3.05) is 13.7 Å². The van der Waals surface area contributed by atoms with Gasteiger partial charge in [-0.05, 0) is 24.6 Å². The summed E-state index contributed by atoms with van der Waals surface area (Å²) in [7, 11) is 1.14. The maximum atomic E-state index is 13.3. The molecule has 0 bridgehead atoms. The van der Waals surface area contributed by atoms with E-state index in [4.69, 9.17) is 5.11 Å². The van der Waals surface area contributed by atoms with Crippen molar-refractivity contribution in [3.05, 3.63) is 35.1 Å². The van der Waals surface area contributed by atoms with E-state index >= 15 is 0 Å². The van der Waals surface area contributed by atoms with Crippen LogP contribution in [0.1, 0.15) is 15.9 Å². The second kappa shape index (κ2) is 6.11. The zero-order valence-corrected chi connectivity index (χ0v) is 10.1. The molecular formula is C12H14FNO4. The average Bonchev–Trinajstić information content (AvgIpc) is 2.37. The summed E-state index contributed by atoms with van der Waals surface area (Å²) >= 11 is 0. The molecule has 1 rings (SSSR count). The molecule has 0 unspecified atom stereocenters. The highest BCUT2D eigenvalue weighted by Crippen LogP contribution is 2.09. The smallest absolute Gasteiger partial charge is 0.330 e. The van der Waals surface area contributed by atoms with Crippen LogP contribution in [0.15, 0.2) is 18.2 Å². The van der Waals surface area contributed by atoms with Crippen LogP contribution in [-0.2, 0) is 9.53 Å². The number of aryl methyl sites for hydroxylation is 1. The standard InChI is InChI=1S/C12H14FNO4/c1-7-3-4-8(5-9(7)13)11(16)14-10(6-15)12(17)18-2/h3-5,10,15H,6H2,1-2H3,(H,14,16)/t10-/m1/s1.